The van der Waals surface area contributed by atoms with Gasteiger partial charge in [0.15, 0.2) is 0 Å². The third-order valence-electron chi connectivity index (χ3n) is 4.96. The van der Waals surface area contributed by atoms with Gasteiger partial charge < -0.3 is 14.4 Å². The second-order valence-electron chi connectivity index (χ2n) is 8.13. The maximum absolute atomic E-state index is 12.6. The molecule has 4 nitrogen and oxygen atoms in total. The van der Waals surface area contributed by atoms with Crippen LogP contribution in [0.1, 0.15) is 57.6 Å². The number of nitrogens with zero attached hydrogens (tertiary/aromatic N) is 1. The van der Waals surface area contributed by atoms with Crippen molar-refractivity contribution in [3.8, 4) is 0 Å². The van der Waals surface area contributed by atoms with Crippen molar-refractivity contribution in [1.82, 2.24) is 4.90 Å². The Bertz CT molecular complexity index is 582. The van der Waals surface area contributed by atoms with Gasteiger partial charge >= 0.3 is 6.09 Å². The zero-order valence-electron chi connectivity index (χ0n) is 15.3. The van der Waals surface area contributed by atoms with Crippen molar-refractivity contribution >= 4 is 6.09 Å². The van der Waals surface area contributed by atoms with Gasteiger partial charge in [-0.3, -0.25) is 0 Å². The van der Waals surface area contributed by atoms with E-state index in [1.54, 1.807) is 12.1 Å². The van der Waals surface area contributed by atoms with Crippen molar-refractivity contribution in [2.75, 3.05) is 0 Å². The molecular weight excluding hydrogens is 321 g/mol. The van der Waals surface area contributed by atoms with E-state index in [4.69, 9.17) is 9.47 Å². The number of carbonyl (C=O) groups is 1. The van der Waals surface area contributed by atoms with Crippen LogP contribution in [-0.2, 0) is 22.8 Å². The highest BCUT2D eigenvalue weighted by Gasteiger charge is 2.45. The molecule has 3 atom stereocenters. The number of hydrogen-bond acceptors (Lipinski definition) is 3. The maximum Gasteiger partial charge on any atom is 0.410 e. The number of piperidine rings is 1. The zero-order chi connectivity index (χ0) is 18.0. The van der Waals surface area contributed by atoms with Crippen LogP contribution in [0.4, 0.5) is 9.18 Å². The number of halogens is 1. The van der Waals surface area contributed by atoms with Crippen LogP contribution < -0.4 is 0 Å². The van der Waals surface area contributed by atoms with Gasteiger partial charge in [0.05, 0.1) is 12.7 Å². The molecule has 1 amide bonds. The molecule has 2 heterocycles. The molecule has 1 aromatic carbocycles. The van der Waals surface area contributed by atoms with Gasteiger partial charge in [0.25, 0.3) is 0 Å². The number of carbonyl (C=O) groups excluding carboxylic acids is 1. The van der Waals surface area contributed by atoms with Crippen molar-refractivity contribution in [1.29, 1.82) is 0 Å². The van der Waals surface area contributed by atoms with E-state index in [1.807, 2.05) is 37.8 Å². The Balaban J connectivity index is 1.53. The van der Waals surface area contributed by atoms with E-state index >= 15 is 0 Å². The molecule has 5 heteroatoms. The number of rotatable bonds is 4. The molecule has 0 N–H and O–H groups in total. The van der Waals surface area contributed by atoms with Gasteiger partial charge in [-0.25, -0.2) is 9.18 Å². The molecular formula is C20H28FNO3. The summed E-state index contributed by atoms with van der Waals surface area (Å²) in [5.74, 6) is 0. The summed E-state index contributed by atoms with van der Waals surface area (Å²) in [5, 5.41) is 0. The van der Waals surface area contributed by atoms with Crippen molar-refractivity contribution in [3.05, 3.63) is 35.4 Å². The SMILES string of the molecule is CC(C)(C)OC(=O)N1[C@@H]2CC[C@H]1CC(OCc1ccc(CF)cc1)C2. The Hall–Kier alpha value is -1.62. The monoisotopic (exact) mass is 349 g/mol. The summed E-state index contributed by atoms with van der Waals surface area (Å²) >= 11 is 0. The highest BCUT2D eigenvalue weighted by Crippen LogP contribution is 2.38. The zero-order valence-corrected chi connectivity index (χ0v) is 15.3. The first kappa shape index (κ1) is 18.2. The summed E-state index contributed by atoms with van der Waals surface area (Å²) in [6.45, 7) is 5.79. The van der Waals surface area contributed by atoms with E-state index in [-0.39, 0.29) is 24.3 Å². The Labute approximate surface area is 149 Å². The Morgan fingerprint density at radius 1 is 1.12 bits per heavy atom. The molecule has 0 aromatic heterocycles. The lowest BCUT2D eigenvalue weighted by Crippen LogP contribution is -2.50. The van der Waals surface area contributed by atoms with Crippen LogP contribution in [0.2, 0.25) is 0 Å². The molecule has 25 heavy (non-hydrogen) atoms. The lowest BCUT2D eigenvalue weighted by atomic mass is 10.00. The average molecular weight is 349 g/mol. The fourth-order valence-corrected chi connectivity index (χ4v) is 3.81. The van der Waals surface area contributed by atoms with Crippen LogP contribution in [0.5, 0.6) is 0 Å². The summed E-state index contributed by atoms with van der Waals surface area (Å²) in [6.07, 6.45) is 3.73. The summed E-state index contributed by atoms with van der Waals surface area (Å²) in [7, 11) is 0. The molecule has 2 saturated heterocycles. The quantitative estimate of drug-likeness (QED) is 0.797. The Morgan fingerprint density at radius 2 is 1.68 bits per heavy atom. The van der Waals surface area contributed by atoms with Crippen LogP contribution in [0.15, 0.2) is 24.3 Å². The summed E-state index contributed by atoms with van der Waals surface area (Å²) in [4.78, 5) is 14.4. The summed E-state index contributed by atoms with van der Waals surface area (Å²) < 4.78 is 24.2. The third-order valence-corrected chi connectivity index (χ3v) is 4.96. The number of hydrogen-bond donors (Lipinski definition) is 0. The van der Waals surface area contributed by atoms with Crippen LogP contribution in [-0.4, -0.2) is 34.8 Å². The number of benzene rings is 1. The lowest BCUT2D eigenvalue weighted by Gasteiger charge is -2.39. The van der Waals surface area contributed by atoms with E-state index in [0.717, 1.165) is 31.2 Å². The van der Waals surface area contributed by atoms with Gasteiger partial charge in [-0.15, -0.1) is 0 Å². The number of alkyl halides is 1. The van der Waals surface area contributed by atoms with Crippen LogP contribution >= 0.6 is 0 Å². The molecule has 2 aliphatic heterocycles. The second-order valence-corrected chi connectivity index (χ2v) is 8.13. The van der Waals surface area contributed by atoms with Gasteiger partial charge in [0.1, 0.15) is 12.3 Å². The van der Waals surface area contributed by atoms with E-state index in [2.05, 4.69) is 0 Å². The molecule has 1 unspecified atom stereocenters. The standard InChI is InChI=1S/C20H28FNO3/c1-20(2,3)25-19(23)22-16-8-9-17(22)11-18(10-16)24-13-15-6-4-14(12-21)5-7-15/h4-7,16-18H,8-13H2,1-3H3/t16-,17+,18?. The van der Waals surface area contributed by atoms with Gasteiger partial charge in [0.2, 0.25) is 0 Å². The highest BCUT2D eigenvalue weighted by molar-refractivity contribution is 5.69. The number of amides is 1. The van der Waals surface area contributed by atoms with Gasteiger partial charge in [-0.2, -0.15) is 0 Å². The number of ether oxygens (including phenoxy) is 2. The maximum atomic E-state index is 12.6. The highest BCUT2D eigenvalue weighted by atomic mass is 19.1. The molecule has 138 valence electrons. The molecule has 3 rings (SSSR count). The third kappa shape index (κ3) is 4.51. The van der Waals surface area contributed by atoms with Gasteiger partial charge in [0, 0.05) is 12.1 Å². The van der Waals surface area contributed by atoms with Crippen LogP contribution in [0, 0.1) is 0 Å². The first-order valence-electron chi connectivity index (χ1n) is 9.12. The van der Waals surface area contributed by atoms with E-state index < -0.39 is 12.3 Å². The van der Waals surface area contributed by atoms with E-state index in [0.29, 0.717) is 12.2 Å². The van der Waals surface area contributed by atoms with Crippen molar-refractivity contribution in [2.24, 2.45) is 0 Å². The average Bonchev–Trinajstić information content (AvgIpc) is 2.83. The predicted molar refractivity (Wildman–Crippen MR) is 93.9 cm³/mol. The van der Waals surface area contributed by atoms with Crippen molar-refractivity contribution < 1.29 is 18.7 Å². The fraction of sp³-hybridized carbons (Fsp3) is 0.650. The smallest absolute Gasteiger partial charge is 0.410 e. The van der Waals surface area contributed by atoms with Crippen LogP contribution in [0.25, 0.3) is 0 Å². The Morgan fingerprint density at radius 3 is 2.20 bits per heavy atom. The molecule has 0 radical (unpaired) electrons. The molecule has 1 aromatic rings. The molecule has 2 aliphatic rings. The van der Waals surface area contributed by atoms with Gasteiger partial charge in [-0.05, 0) is 57.6 Å². The van der Waals surface area contributed by atoms with Crippen molar-refractivity contribution in [2.45, 2.75) is 83.5 Å². The molecule has 0 saturated carbocycles. The second kappa shape index (κ2) is 7.32. The van der Waals surface area contributed by atoms with E-state index in [1.165, 1.54) is 0 Å². The van der Waals surface area contributed by atoms with Crippen LogP contribution in [0.3, 0.4) is 0 Å². The molecule has 0 aliphatic carbocycles. The number of fused-ring (bicyclic) bond motifs is 2. The summed E-state index contributed by atoms with van der Waals surface area (Å²) in [6, 6.07) is 7.86. The minimum atomic E-state index is -0.463. The van der Waals surface area contributed by atoms with E-state index in [9.17, 15) is 9.18 Å². The Kier molecular flexibility index (Phi) is 5.32. The van der Waals surface area contributed by atoms with Gasteiger partial charge in [-0.1, -0.05) is 24.3 Å². The normalized spacial score (nSPS) is 25.9. The first-order valence-corrected chi connectivity index (χ1v) is 9.12. The predicted octanol–water partition coefficient (Wildman–Crippen LogP) is 4.60. The topological polar surface area (TPSA) is 38.8 Å². The minimum absolute atomic E-state index is 0.164. The summed E-state index contributed by atoms with van der Waals surface area (Å²) in [5.41, 5.74) is 1.28. The molecule has 2 fully saturated rings. The minimum Gasteiger partial charge on any atom is -0.444 e. The first-order chi connectivity index (χ1) is 11.9. The fourth-order valence-electron chi connectivity index (χ4n) is 3.81. The molecule has 0 spiro atoms. The largest absolute Gasteiger partial charge is 0.444 e. The molecule has 2 bridgehead atoms. The lowest BCUT2D eigenvalue weighted by molar-refractivity contribution is -0.0396. The van der Waals surface area contributed by atoms with Crippen molar-refractivity contribution in [3.63, 3.8) is 0 Å².